The van der Waals surface area contributed by atoms with Gasteiger partial charge in [0, 0.05) is 24.2 Å². The van der Waals surface area contributed by atoms with Crippen LogP contribution in [0.1, 0.15) is 20.9 Å². The van der Waals surface area contributed by atoms with Gasteiger partial charge >= 0.3 is 0 Å². The molecule has 3 rings (SSSR count). The number of thioether (sulfide) groups is 1. The molecule has 26 heavy (non-hydrogen) atoms. The van der Waals surface area contributed by atoms with E-state index in [9.17, 15) is 4.79 Å². The minimum absolute atomic E-state index is 0.173. The fourth-order valence-electron chi connectivity index (χ4n) is 2.33. The Morgan fingerprint density at radius 3 is 2.69 bits per heavy atom. The summed E-state index contributed by atoms with van der Waals surface area (Å²) >= 11 is 3.00. The number of hydrogen-bond donors (Lipinski definition) is 1. The molecular formula is C19H19N3O2S2. The van der Waals surface area contributed by atoms with Gasteiger partial charge in [-0.25, -0.2) is 0 Å². The number of amides is 1. The molecule has 0 unspecified atom stereocenters. The van der Waals surface area contributed by atoms with E-state index in [0.29, 0.717) is 23.7 Å². The maximum Gasteiger partial charge on any atom is 0.258 e. The Morgan fingerprint density at radius 2 is 1.88 bits per heavy atom. The highest BCUT2D eigenvalue weighted by Gasteiger charge is 2.14. The van der Waals surface area contributed by atoms with E-state index in [0.717, 1.165) is 15.7 Å². The van der Waals surface area contributed by atoms with E-state index in [-0.39, 0.29) is 5.91 Å². The van der Waals surface area contributed by atoms with E-state index in [4.69, 9.17) is 4.74 Å². The summed E-state index contributed by atoms with van der Waals surface area (Å²) in [6.45, 7) is 0.639. The first-order chi connectivity index (χ1) is 12.8. The summed E-state index contributed by atoms with van der Waals surface area (Å²) in [6, 6.07) is 17.6. The third-order valence-electron chi connectivity index (χ3n) is 3.56. The number of methoxy groups -OCH3 is 1. The third-order valence-corrected chi connectivity index (χ3v) is 5.44. The molecule has 0 spiro atoms. The van der Waals surface area contributed by atoms with Crippen LogP contribution in [0.3, 0.4) is 0 Å². The number of nitrogens with one attached hydrogen (secondary N) is 1. The van der Waals surface area contributed by atoms with E-state index in [1.54, 1.807) is 18.9 Å². The molecule has 0 fully saturated rings. The van der Waals surface area contributed by atoms with Crippen molar-refractivity contribution in [2.45, 2.75) is 11.3 Å². The van der Waals surface area contributed by atoms with E-state index in [1.807, 2.05) is 54.6 Å². The van der Waals surface area contributed by atoms with Gasteiger partial charge < -0.3 is 4.74 Å². The van der Waals surface area contributed by atoms with Gasteiger partial charge in [-0.3, -0.25) is 10.1 Å². The number of ether oxygens (including phenoxy) is 1. The number of aromatic nitrogens is 2. The second-order valence-electron chi connectivity index (χ2n) is 5.45. The maximum atomic E-state index is 12.6. The number of nitrogens with zero attached hydrogens (tertiary/aromatic N) is 2. The molecule has 3 aromatic rings. The lowest BCUT2D eigenvalue weighted by Gasteiger charge is -2.08. The first-order valence-electron chi connectivity index (χ1n) is 8.14. The third kappa shape index (κ3) is 5.14. The molecule has 5 nitrogen and oxygen atoms in total. The lowest BCUT2D eigenvalue weighted by atomic mass is 10.2. The smallest absolute Gasteiger partial charge is 0.258 e. The SMILES string of the molecule is COCCSc1ccccc1C(=O)Nc1nnc(Cc2ccccc2)s1. The summed E-state index contributed by atoms with van der Waals surface area (Å²) < 4.78 is 5.07. The van der Waals surface area contributed by atoms with Gasteiger partial charge in [-0.15, -0.1) is 22.0 Å². The highest BCUT2D eigenvalue weighted by Crippen LogP contribution is 2.24. The minimum Gasteiger partial charge on any atom is -0.384 e. The van der Waals surface area contributed by atoms with Crippen molar-refractivity contribution >= 4 is 34.1 Å². The molecule has 0 aliphatic rings. The summed E-state index contributed by atoms with van der Waals surface area (Å²) in [4.78, 5) is 13.5. The molecule has 0 saturated heterocycles. The van der Waals surface area contributed by atoms with Crippen LogP contribution in [-0.2, 0) is 11.2 Å². The van der Waals surface area contributed by atoms with Gasteiger partial charge in [-0.2, -0.15) is 0 Å². The summed E-state index contributed by atoms with van der Waals surface area (Å²) in [5.74, 6) is 0.619. The fraction of sp³-hybridized carbons (Fsp3) is 0.211. The average Bonchev–Trinajstić information content (AvgIpc) is 3.10. The van der Waals surface area contributed by atoms with E-state index in [1.165, 1.54) is 16.9 Å². The van der Waals surface area contributed by atoms with Gasteiger partial charge in [0.2, 0.25) is 5.13 Å². The second-order valence-corrected chi connectivity index (χ2v) is 7.65. The number of hydrogen-bond acceptors (Lipinski definition) is 6. The monoisotopic (exact) mass is 385 g/mol. The van der Waals surface area contributed by atoms with Crippen LogP contribution >= 0.6 is 23.1 Å². The Kier molecular flexibility index (Phi) is 6.76. The fourth-order valence-corrected chi connectivity index (χ4v) is 4.06. The zero-order valence-corrected chi connectivity index (χ0v) is 16.0. The Labute approximate surface area is 160 Å². The Morgan fingerprint density at radius 1 is 1.12 bits per heavy atom. The highest BCUT2D eigenvalue weighted by atomic mass is 32.2. The molecule has 2 aromatic carbocycles. The summed E-state index contributed by atoms with van der Waals surface area (Å²) in [5, 5.41) is 12.5. The van der Waals surface area contributed by atoms with Crippen LogP contribution < -0.4 is 5.32 Å². The predicted molar refractivity (Wildman–Crippen MR) is 106 cm³/mol. The van der Waals surface area contributed by atoms with Gasteiger partial charge in [0.15, 0.2) is 0 Å². The molecular weight excluding hydrogens is 366 g/mol. The lowest BCUT2D eigenvalue weighted by Crippen LogP contribution is -2.13. The van der Waals surface area contributed by atoms with Crippen molar-refractivity contribution in [1.29, 1.82) is 0 Å². The van der Waals surface area contributed by atoms with Crippen LogP contribution in [0, 0.1) is 0 Å². The lowest BCUT2D eigenvalue weighted by molar-refractivity contribution is 0.102. The summed E-state index contributed by atoms with van der Waals surface area (Å²) in [7, 11) is 1.67. The second kappa shape index (κ2) is 9.47. The van der Waals surface area contributed by atoms with Crippen LogP contribution in [0.2, 0.25) is 0 Å². The van der Waals surface area contributed by atoms with Crippen LogP contribution in [0.25, 0.3) is 0 Å². The largest absolute Gasteiger partial charge is 0.384 e. The summed E-state index contributed by atoms with van der Waals surface area (Å²) in [5.41, 5.74) is 1.80. The molecule has 0 bridgehead atoms. The molecule has 1 heterocycles. The molecule has 0 aliphatic carbocycles. The van der Waals surface area contributed by atoms with E-state index < -0.39 is 0 Å². The van der Waals surface area contributed by atoms with Crippen molar-refractivity contribution in [3.05, 3.63) is 70.7 Å². The van der Waals surface area contributed by atoms with Crippen LogP contribution in [0.4, 0.5) is 5.13 Å². The number of anilines is 1. The zero-order chi connectivity index (χ0) is 18.2. The quantitative estimate of drug-likeness (QED) is 0.467. The Balaban J connectivity index is 1.65. The Bertz CT molecular complexity index is 853. The van der Waals surface area contributed by atoms with Crippen molar-refractivity contribution in [3.8, 4) is 0 Å². The highest BCUT2D eigenvalue weighted by molar-refractivity contribution is 7.99. The molecule has 0 saturated carbocycles. The van der Waals surface area contributed by atoms with Crippen LogP contribution in [-0.4, -0.2) is 35.6 Å². The zero-order valence-electron chi connectivity index (χ0n) is 14.3. The van der Waals surface area contributed by atoms with Gasteiger partial charge in [0.1, 0.15) is 5.01 Å². The van der Waals surface area contributed by atoms with Crippen molar-refractivity contribution in [2.24, 2.45) is 0 Å². The van der Waals surface area contributed by atoms with Crippen molar-refractivity contribution in [1.82, 2.24) is 10.2 Å². The van der Waals surface area contributed by atoms with E-state index >= 15 is 0 Å². The molecule has 0 aliphatic heterocycles. The van der Waals surface area contributed by atoms with Gasteiger partial charge in [0.25, 0.3) is 5.91 Å². The molecule has 134 valence electrons. The number of carbonyl (C=O) groups is 1. The van der Waals surface area contributed by atoms with Gasteiger partial charge in [-0.1, -0.05) is 53.8 Å². The average molecular weight is 386 g/mol. The standard InChI is InChI=1S/C19H19N3O2S2/c1-24-11-12-25-16-10-6-5-9-15(16)18(23)20-19-22-21-17(26-19)13-14-7-3-2-4-8-14/h2-10H,11-13H2,1H3,(H,20,22,23). The van der Waals surface area contributed by atoms with Crippen molar-refractivity contribution < 1.29 is 9.53 Å². The molecule has 1 N–H and O–H groups in total. The normalized spacial score (nSPS) is 10.7. The molecule has 0 atom stereocenters. The number of carbonyl (C=O) groups excluding carboxylic acids is 1. The molecule has 0 radical (unpaired) electrons. The van der Waals surface area contributed by atoms with Crippen molar-refractivity contribution in [3.63, 3.8) is 0 Å². The minimum atomic E-state index is -0.173. The molecule has 7 heteroatoms. The topological polar surface area (TPSA) is 64.1 Å². The van der Waals surface area contributed by atoms with Crippen LogP contribution in [0.15, 0.2) is 59.5 Å². The number of benzene rings is 2. The predicted octanol–water partition coefficient (Wildman–Crippen LogP) is 4.12. The summed E-state index contributed by atoms with van der Waals surface area (Å²) in [6.07, 6.45) is 0.706. The van der Waals surface area contributed by atoms with Gasteiger partial charge in [-0.05, 0) is 17.7 Å². The van der Waals surface area contributed by atoms with Crippen LogP contribution in [0.5, 0.6) is 0 Å². The Hall–Kier alpha value is -2.22. The van der Waals surface area contributed by atoms with E-state index in [2.05, 4.69) is 15.5 Å². The van der Waals surface area contributed by atoms with Crippen molar-refractivity contribution in [2.75, 3.05) is 24.8 Å². The molecule has 1 aromatic heterocycles. The number of rotatable bonds is 8. The van der Waals surface area contributed by atoms with Gasteiger partial charge in [0.05, 0.1) is 12.2 Å². The first-order valence-corrected chi connectivity index (χ1v) is 9.95. The maximum absolute atomic E-state index is 12.6. The first kappa shape index (κ1) is 18.6. The molecule has 1 amide bonds.